The van der Waals surface area contributed by atoms with Gasteiger partial charge in [-0.2, -0.15) is 0 Å². The Bertz CT molecular complexity index is 87.0. The van der Waals surface area contributed by atoms with Crippen LogP contribution in [0.2, 0.25) is 0 Å². The molecule has 9 heavy (non-hydrogen) atoms. The van der Waals surface area contributed by atoms with Crippen molar-refractivity contribution in [1.82, 2.24) is 0 Å². The topological polar surface area (TPSA) is 52.3 Å². The molecule has 0 fully saturated rings. The smallest absolute Gasteiger partial charge is 0.168 e. The Balaban J connectivity index is 2.97. The Kier molecular flexibility index (Phi) is 6.24. The number of carbonyl (C=O) groups excluding carboxylic acids is 1. The van der Waals surface area contributed by atoms with Gasteiger partial charge in [0, 0.05) is 6.54 Å². The van der Waals surface area contributed by atoms with Crippen LogP contribution in [0.5, 0.6) is 0 Å². The first-order chi connectivity index (χ1) is 4.31. The predicted octanol–water partition coefficient (Wildman–Crippen LogP) is -0.0743. The Hall–Kier alpha value is 0.0700. The van der Waals surface area contributed by atoms with Crippen LogP contribution >= 0.6 is 15.9 Å². The zero-order valence-corrected chi connectivity index (χ0v) is 6.69. The zero-order chi connectivity index (χ0) is 7.11. The van der Waals surface area contributed by atoms with Crippen LogP contribution in [0.15, 0.2) is 0 Å². The van der Waals surface area contributed by atoms with Crippen molar-refractivity contribution in [2.24, 2.45) is 5.73 Å². The van der Waals surface area contributed by atoms with Crippen LogP contribution in [0.4, 0.5) is 0 Å². The van der Waals surface area contributed by atoms with Crippen LogP contribution in [-0.4, -0.2) is 30.9 Å². The Morgan fingerprint density at radius 2 is 2.33 bits per heavy atom. The molecule has 0 aromatic heterocycles. The van der Waals surface area contributed by atoms with E-state index in [0.29, 0.717) is 18.5 Å². The number of ketones is 1. The van der Waals surface area contributed by atoms with E-state index in [1.54, 1.807) is 0 Å². The summed E-state index contributed by atoms with van der Waals surface area (Å²) in [4.78, 5) is 10.5. The van der Waals surface area contributed by atoms with E-state index in [2.05, 4.69) is 15.9 Å². The lowest BCUT2D eigenvalue weighted by Gasteiger charge is -1.97. The number of alkyl halides is 1. The summed E-state index contributed by atoms with van der Waals surface area (Å²) >= 11 is 3.01. The Morgan fingerprint density at radius 1 is 1.67 bits per heavy atom. The summed E-state index contributed by atoms with van der Waals surface area (Å²) in [6, 6.07) is 0. The van der Waals surface area contributed by atoms with Crippen LogP contribution in [0.25, 0.3) is 0 Å². The van der Waals surface area contributed by atoms with Crippen molar-refractivity contribution in [2.75, 3.05) is 25.1 Å². The molecule has 0 rings (SSSR count). The van der Waals surface area contributed by atoms with Gasteiger partial charge in [-0.25, -0.2) is 0 Å². The van der Waals surface area contributed by atoms with E-state index >= 15 is 0 Å². The van der Waals surface area contributed by atoms with Crippen molar-refractivity contribution >= 4 is 21.7 Å². The molecule has 0 aromatic rings. The highest BCUT2D eigenvalue weighted by Gasteiger charge is 1.96. The molecular weight excluding hydrogens is 186 g/mol. The SMILES string of the molecule is NCCOCC(=O)CBr. The fourth-order valence-corrected chi connectivity index (χ4v) is 0.470. The van der Waals surface area contributed by atoms with E-state index in [1.165, 1.54) is 0 Å². The zero-order valence-electron chi connectivity index (χ0n) is 5.10. The summed E-state index contributed by atoms with van der Waals surface area (Å²) in [5.41, 5.74) is 5.11. The summed E-state index contributed by atoms with van der Waals surface area (Å²) in [6.07, 6.45) is 0. The van der Waals surface area contributed by atoms with E-state index < -0.39 is 0 Å². The van der Waals surface area contributed by atoms with E-state index in [0.717, 1.165) is 0 Å². The molecule has 0 spiro atoms. The first kappa shape index (κ1) is 9.07. The van der Waals surface area contributed by atoms with Gasteiger partial charge in [-0.3, -0.25) is 4.79 Å². The van der Waals surface area contributed by atoms with Gasteiger partial charge in [0.05, 0.1) is 11.9 Å². The summed E-state index contributed by atoms with van der Waals surface area (Å²) in [5, 5.41) is 0.359. The monoisotopic (exact) mass is 195 g/mol. The summed E-state index contributed by atoms with van der Waals surface area (Å²) in [5.74, 6) is 0.0449. The maximum Gasteiger partial charge on any atom is 0.168 e. The minimum Gasteiger partial charge on any atom is -0.372 e. The van der Waals surface area contributed by atoms with Crippen LogP contribution in [0.3, 0.4) is 0 Å². The number of rotatable bonds is 5. The van der Waals surface area contributed by atoms with Crippen molar-refractivity contribution in [2.45, 2.75) is 0 Å². The lowest BCUT2D eigenvalue weighted by molar-refractivity contribution is -0.120. The van der Waals surface area contributed by atoms with Crippen LogP contribution < -0.4 is 5.73 Å². The molecule has 0 bridgehead atoms. The van der Waals surface area contributed by atoms with Crippen molar-refractivity contribution in [3.63, 3.8) is 0 Å². The van der Waals surface area contributed by atoms with Gasteiger partial charge < -0.3 is 10.5 Å². The van der Waals surface area contributed by atoms with Crippen LogP contribution in [0, 0.1) is 0 Å². The third-order valence-electron chi connectivity index (χ3n) is 0.674. The van der Waals surface area contributed by atoms with Gasteiger partial charge in [-0.1, -0.05) is 15.9 Å². The van der Waals surface area contributed by atoms with Gasteiger partial charge in [0.15, 0.2) is 5.78 Å². The van der Waals surface area contributed by atoms with Crippen LogP contribution in [0.1, 0.15) is 0 Å². The quantitative estimate of drug-likeness (QED) is 0.494. The molecule has 0 aromatic carbocycles. The second kappa shape index (κ2) is 6.19. The standard InChI is InChI=1S/C5H10BrNO2/c6-3-5(8)4-9-2-1-7/h1-4,7H2. The number of nitrogens with two attached hydrogens (primary N) is 1. The highest BCUT2D eigenvalue weighted by molar-refractivity contribution is 9.09. The first-order valence-electron chi connectivity index (χ1n) is 2.66. The predicted molar refractivity (Wildman–Crippen MR) is 38.7 cm³/mol. The molecule has 0 aliphatic heterocycles. The van der Waals surface area contributed by atoms with Crippen molar-refractivity contribution in [3.8, 4) is 0 Å². The molecule has 0 saturated heterocycles. The van der Waals surface area contributed by atoms with Gasteiger partial charge in [0.1, 0.15) is 6.61 Å². The van der Waals surface area contributed by atoms with E-state index in [1.807, 2.05) is 0 Å². The summed E-state index contributed by atoms with van der Waals surface area (Å²) in [6.45, 7) is 1.09. The Labute approximate surface area is 62.7 Å². The molecule has 0 radical (unpaired) electrons. The largest absolute Gasteiger partial charge is 0.372 e. The average Bonchev–Trinajstić information content (AvgIpc) is 1.89. The third-order valence-corrected chi connectivity index (χ3v) is 1.30. The second-order valence-electron chi connectivity index (χ2n) is 1.51. The highest BCUT2D eigenvalue weighted by Crippen LogP contribution is 1.83. The molecule has 4 heteroatoms. The molecule has 3 nitrogen and oxygen atoms in total. The van der Waals surface area contributed by atoms with Crippen molar-refractivity contribution < 1.29 is 9.53 Å². The fraction of sp³-hybridized carbons (Fsp3) is 0.800. The minimum atomic E-state index is 0.0449. The maximum atomic E-state index is 10.5. The second-order valence-corrected chi connectivity index (χ2v) is 2.07. The minimum absolute atomic E-state index is 0.0449. The lowest BCUT2D eigenvalue weighted by atomic mass is 10.5. The van der Waals surface area contributed by atoms with Gasteiger partial charge in [-0.05, 0) is 0 Å². The molecule has 0 aliphatic rings. The number of Topliss-reactive ketones (excluding diaryl/α,β-unsaturated/α-hetero) is 1. The maximum absolute atomic E-state index is 10.5. The van der Waals surface area contributed by atoms with E-state index in [-0.39, 0.29) is 12.4 Å². The molecule has 0 atom stereocenters. The molecule has 2 N–H and O–H groups in total. The van der Waals surface area contributed by atoms with E-state index in [4.69, 9.17) is 10.5 Å². The van der Waals surface area contributed by atoms with E-state index in [9.17, 15) is 4.79 Å². The molecule has 0 saturated carbocycles. The number of hydrogen-bond acceptors (Lipinski definition) is 3. The fourth-order valence-electron chi connectivity index (χ4n) is 0.308. The molecular formula is C5H10BrNO2. The van der Waals surface area contributed by atoms with Gasteiger partial charge in [-0.15, -0.1) is 0 Å². The van der Waals surface area contributed by atoms with Crippen molar-refractivity contribution in [3.05, 3.63) is 0 Å². The molecule has 54 valence electrons. The Morgan fingerprint density at radius 3 is 2.78 bits per heavy atom. The third kappa shape index (κ3) is 5.95. The number of hydrogen-bond donors (Lipinski definition) is 1. The molecule has 0 heterocycles. The van der Waals surface area contributed by atoms with Gasteiger partial charge in [0.2, 0.25) is 0 Å². The van der Waals surface area contributed by atoms with Gasteiger partial charge in [0.25, 0.3) is 0 Å². The normalized spacial score (nSPS) is 9.56. The molecule has 0 unspecified atom stereocenters. The summed E-state index contributed by atoms with van der Waals surface area (Å²) < 4.78 is 4.83. The summed E-state index contributed by atoms with van der Waals surface area (Å²) in [7, 11) is 0. The van der Waals surface area contributed by atoms with Gasteiger partial charge >= 0.3 is 0 Å². The molecule has 0 amide bonds. The number of halogens is 1. The van der Waals surface area contributed by atoms with Crippen LogP contribution in [-0.2, 0) is 9.53 Å². The lowest BCUT2D eigenvalue weighted by Crippen LogP contribution is -2.14. The number of ether oxygens (including phenoxy) is 1. The first-order valence-corrected chi connectivity index (χ1v) is 3.79. The number of carbonyl (C=O) groups is 1. The average molecular weight is 196 g/mol. The molecule has 0 aliphatic carbocycles. The highest BCUT2D eigenvalue weighted by atomic mass is 79.9. The van der Waals surface area contributed by atoms with Crippen molar-refractivity contribution in [1.29, 1.82) is 0 Å².